The first-order chi connectivity index (χ1) is 5.54. The van der Waals surface area contributed by atoms with Crippen LogP contribution in [0.3, 0.4) is 0 Å². The molecule has 0 spiro atoms. The average Bonchev–Trinajstić information content (AvgIpc) is 2.03. The molecule has 0 saturated carbocycles. The van der Waals surface area contributed by atoms with E-state index in [-0.39, 0.29) is 5.92 Å². The number of hydrogen-bond donors (Lipinski definition) is 3. The molecule has 3 N–H and O–H groups in total. The summed E-state index contributed by atoms with van der Waals surface area (Å²) in [6, 6.07) is 0. The van der Waals surface area contributed by atoms with Gasteiger partial charge < -0.3 is 10.2 Å². The van der Waals surface area contributed by atoms with Crippen LogP contribution in [0.5, 0.6) is 0 Å². The lowest BCUT2D eigenvalue weighted by molar-refractivity contribution is -0.141. The minimum absolute atomic E-state index is 0.145. The van der Waals surface area contributed by atoms with Gasteiger partial charge in [-0.1, -0.05) is 13.8 Å². The Morgan fingerprint density at radius 3 is 2.08 bits per heavy atom. The lowest BCUT2D eigenvalue weighted by Gasteiger charge is -2.32. The van der Waals surface area contributed by atoms with Crippen molar-refractivity contribution in [2.45, 2.75) is 39.6 Å². The quantitative estimate of drug-likeness (QED) is 0.411. The number of nitrogens with one attached hydrogen (secondary N) is 1. The van der Waals surface area contributed by atoms with Crippen LogP contribution in [0, 0.1) is 5.92 Å². The summed E-state index contributed by atoms with van der Waals surface area (Å²) in [5.41, 5.74) is 2.75. The number of nitrogens with zero attached hydrogens (tertiary/aromatic N) is 1. The van der Waals surface area contributed by atoms with E-state index in [1.54, 1.807) is 14.0 Å². The van der Waals surface area contributed by atoms with Gasteiger partial charge in [0, 0.05) is 0 Å². The zero-order valence-corrected chi connectivity index (χ0v) is 8.28. The van der Waals surface area contributed by atoms with Crippen LogP contribution in [0.1, 0.15) is 27.2 Å². The molecule has 0 aromatic carbocycles. The van der Waals surface area contributed by atoms with E-state index in [0.29, 0.717) is 0 Å². The van der Waals surface area contributed by atoms with E-state index < -0.39 is 12.5 Å². The molecule has 0 aromatic heterocycles. The summed E-state index contributed by atoms with van der Waals surface area (Å²) in [5, 5.41) is 20.3. The fourth-order valence-electron chi connectivity index (χ4n) is 1.03. The van der Waals surface area contributed by atoms with Crippen molar-refractivity contribution in [3.63, 3.8) is 0 Å². The smallest absolute Gasteiger partial charge is 0.125 e. The first-order valence-corrected chi connectivity index (χ1v) is 4.36. The zero-order chi connectivity index (χ0) is 9.72. The SMILES string of the molecule is CC[C@H](C)C(O)N(NC)C(C)O. The molecular formula is C8H20N2O2. The molecule has 0 amide bonds. The van der Waals surface area contributed by atoms with Gasteiger partial charge in [-0.15, -0.1) is 0 Å². The maximum absolute atomic E-state index is 9.65. The topological polar surface area (TPSA) is 55.7 Å². The van der Waals surface area contributed by atoms with E-state index in [1.165, 1.54) is 5.01 Å². The van der Waals surface area contributed by atoms with Crippen molar-refractivity contribution in [2.75, 3.05) is 7.05 Å². The molecule has 0 rings (SSSR count). The van der Waals surface area contributed by atoms with Crippen LogP contribution in [-0.2, 0) is 0 Å². The highest BCUT2D eigenvalue weighted by Gasteiger charge is 2.22. The van der Waals surface area contributed by atoms with Gasteiger partial charge in [-0.2, -0.15) is 5.01 Å². The Morgan fingerprint density at radius 1 is 1.33 bits per heavy atom. The van der Waals surface area contributed by atoms with Crippen LogP contribution in [0.25, 0.3) is 0 Å². The van der Waals surface area contributed by atoms with E-state index in [0.717, 1.165) is 6.42 Å². The Kier molecular flexibility index (Phi) is 5.41. The largest absolute Gasteiger partial charge is 0.377 e. The minimum atomic E-state index is -0.681. The highest BCUT2D eigenvalue weighted by molar-refractivity contribution is 4.63. The molecule has 0 bridgehead atoms. The Morgan fingerprint density at radius 2 is 1.83 bits per heavy atom. The maximum atomic E-state index is 9.65. The van der Waals surface area contributed by atoms with Crippen molar-refractivity contribution in [2.24, 2.45) is 5.92 Å². The van der Waals surface area contributed by atoms with Gasteiger partial charge in [-0.25, -0.2) is 0 Å². The van der Waals surface area contributed by atoms with E-state index in [1.807, 2.05) is 13.8 Å². The summed E-state index contributed by atoms with van der Waals surface area (Å²) in [4.78, 5) is 0. The fraction of sp³-hybridized carbons (Fsp3) is 1.00. The number of hydrogen-bond acceptors (Lipinski definition) is 4. The van der Waals surface area contributed by atoms with Crippen molar-refractivity contribution in [3.05, 3.63) is 0 Å². The van der Waals surface area contributed by atoms with Crippen LogP contribution < -0.4 is 5.43 Å². The van der Waals surface area contributed by atoms with Gasteiger partial charge in [0.05, 0.1) is 0 Å². The predicted molar refractivity (Wildman–Crippen MR) is 48.0 cm³/mol. The highest BCUT2D eigenvalue weighted by Crippen LogP contribution is 2.11. The molecule has 0 fully saturated rings. The lowest BCUT2D eigenvalue weighted by atomic mass is 10.1. The van der Waals surface area contributed by atoms with Gasteiger partial charge in [0.15, 0.2) is 0 Å². The third-order valence-corrected chi connectivity index (χ3v) is 2.10. The van der Waals surface area contributed by atoms with Gasteiger partial charge in [0.2, 0.25) is 0 Å². The van der Waals surface area contributed by atoms with Gasteiger partial charge in [0.25, 0.3) is 0 Å². The Labute approximate surface area is 74.2 Å². The van der Waals surface area contributed by atoms with Crippen LogP contribution in [0.15, 0.2) is 0 Å². The Balaban J connectivity index is 4.10. The van der Waals surface area contributed by atoms with Crippen molar-refractivity contribution in [3.8, 4) is 0 Å². The molecule has 0 aliphatic carbocycles. The second-order valence-electron chi connectivity index (χ2n) is 3.06. The molecule has 3 atom stereocenters. The molecule has 4 heteroatoms. The summed E-state index contributed by atoms with van der Waals surface area (Å²) >= 11 is 0. The van der Waals surface area contributed by atoms with Crippen molar-refractivity contribution < 1.29 is 10.2 Å². The van der Waals surface area contributed by atoms with E-state index in [2.05, 4.69) is 5.43 Å². The third kappa shape index (κ3) is 3.06. The van der Waals surface area contributed by atoms with Crippen LogP contribution >= 0.6 is 0 Å². The second kappa shape index (κ2) is 5.48. The minimum Gasteiger partial charge on any atom is -0.377 e. The van der Waals surface area contributed by atoms with Crippen molar-refractivity contribution >= 4 is 0 Å². The highest BCUT2D eigenvalue weighted by atomic mass is 16.3. The van der Waals surface area contributed by atoms with E-state index >= 15 is 0 Å². The molecular weight excluding hydrogens is 156 g/mol. The summed E-state index contributed by atoms with van der Waals surface area (Å²) in [6.45, 7) is 5.56. The standard InChI is InChI=1S/C8H20N2O2/c1-5-6(2)8(12)10(9-4)7(3)11/h6-9,11-12H,5H2,1-4H3/t6-,7?,8?/m0/s1. The molecule has 0 radical (unpaired) electrons. The van der Waals surface area contributed by atoms with E-state index in [4.69, 9.17) is 0 Å². The number of aliphatic hydroxyl groups excluding tert-OH is 2. The molecule has 0 saturated heterocycles. The van der Waals surface area contributed by atoms with E-state index in [9.17, 15) is 10.2 Å². The second-order valence-corrected chi connectivity index (χ2v) is 3.06. The summed E-state index contributed by atoms with van der Waals surface area (Å²) in [5.74, 6) is 0.145. The monoisotopic (exact) mass is 176 g/mol. The maximum Gasteiger partial charge on any atom is 0.125 e. The number of hydrazine groups is 1. The molecule has 74 valence electrons. The average molecular weight is 176 g/mol. The molecule has 2 unspecified atom stereocenters. The van der Waals surface area contributed by atoms with Gasteiger partial charge in [-0.05, 0) is 26.3 Å². The number of aliphatic hydroxyl groups is 2. The Hall–Kier alpha value is -0.160. The first-order valence-electron chi connectivity index (χ1n) is 4.36. The van der Waals surface area contributed by atoms with Gasteiger partial charge >= 0.3 is 0 Å². The molecule has 0 aliphatic rings. The summed E-state index contributed by atoms with van der Waals surface area (Å²) in [6.07, 6.45) is -0.439. The lowest BCUT2D eigenvalue weighted by Crippen LogP contribution is -2.51. The predicted octanol–water partition coefficient (Wildman–Crippen LogP) is 0.126. The summed E-state index contributed by atoms with van der Waals surface area (Å²) in [7, 11) is 1.68. The number of rotatable bonds is 5. The molecule has 4 nitrogen and oxygen atoms in total. The molecule has 0 aromatic rings. The molecule has 0 heterocycles. The van der Waals surface area contributed by atoms with Crippen molar-refractivity contribution in [1.29, 1.82) is 0 Å². The zero-order valence-electron chi connectivity index (χ0n) is 8.28. The normalized spacial score (nSPS) is 19.2. The molecule has 0 aliphatic heterocycles. The van der Waals surface area contributed by atoms with Crippen LogP contribution in [-0.4, -0.2) is 34.7 Å². The van der Waals surface area contributed by atoms with Gasteiger partial charge in [-0.3, -0.25) is 5.43 Å². The third-order valence-electron chi connectivity index (χ3n) is 2.10. The van der Waals surface area contributed by atoms with Gasteiger partial charge in [0.1, 0.15) is 12.5 Å². The Bertz CT molecular complexity index is 120. The van der Waals surface area contributed by atoms with Crippen LogP contribution in [0.2, 0.25) is 0 Å². The fourth-order valence-corrected chi connectivity index (χ4v) is 1.03. The first kappa shape index (κ1) is 11.8. The molecule has 12 heavy (non-hydrogen) atoms. The summed E-state index contributed by atoms with van der Waals surface area (Å²) < 4.78 is 0. The van der Waals surface area contributed by atoms with Crippen molar-refractivity contribution in [1.82, 2.24) is 10.4 Å². The van der Waals surface area contributed by atoms with Crippen LogP contribution in [0.4, 0.5) is 0 Å².